The Balaban J connectivity index is 1.32. The largest absolute Gasteiger partial charge is 0.497 e. The third kappa shape index (κ3) is 2.87. The first kappa shape index (κ1) is 19.6. The molecular formula is C25H23N5O3. The van der Waals surface area contributed by atoms with Crippen molar-refractivity contribution in [3.63, 3.8) is 0 Å². The topological polar surface area (TPSA) is 101 Å². The molecule has 6 rings (SSSR count). The van der Waals surface area contributed by atoms with Crippen LogP contribution in [0.15, 0.2) is 48.5 Å². The molecule has 166 valence electrons. The minimum Gasteiger partial charge on any atom is -0.497 e. The SMILES string of the molecule is COc1ccc2c(c1)[C@]1(C[C@H]1c1ccc3c(Nc4ccc(C)nc4OC)n[nH]c3c1)C(=O)N2. The Labute approximate surface area is 190 Å². The first-order valence-corrected chi connectivity index (χ1v) is 10.8. The number of aryl methyl sites for hydroxylation is 1. The molecule has 3 heterocycles. The Kier molecular flexibility index (Phi) is 4.14. The summed E-state index contributed by atoms with van der Waals surface area (Å²) in [6, 6.07) is 15.8. The molecule has 0 bridgehead atoms. The maximum atomic E-state index is 13.0. The van der Waals surface area contributed by atoms with E-state index < -0.39 is 5.41 Å². The van der Waals surface area contributed by atoms with Crippen LogP contribution in [0.4, 0.5) is 17.2 Å². The summed E-state index contributed by atoms with van der Waals surface area (Å²) in [6.07, 6.45) is 0.774. The molecule has 1 spiro atoms. The number of hydrogen-bond acceptors (Lipinski definition) is 6. The third-order valence-corrected chi connectivity index (χ3v) is 6.76. The van der Waals surface area contributed by atoms with Gasteiger partial charge in [0.1, 0.15) is 11.4 Å². The molecule has 1 aliphatic carbocycles. The molecule has 0 unspecified atom stereocenters. The Morgan fingerprint density at radius 3 is 2.79 bits per heavy atom. The van der Waals surface area contributed by atoms with Crippen molar-refractivity contribution in [2.75, 3.05) is 24.9 Å². The lowest BCUT2D eigenvalue weighted by atomic mass is 9.91. The van der Waals surface area contributed by atoms with Gasteiger partial charge in [0.2, 0.25) is 11.8 Å². The number of pyridine rings is 1. The van der Waals surface area contributed by atoms with Crippen LogP contribution in [0.25, 0.3) is 10.9 Å². The molecule has 2 aromatic carbocycles. The van der Waals surface area contributed by atoms with Crippen molar-refractivity contribution in [2.24, 2.45) is 0 Å². The number of aromatic amines is 1. The number of amides is 1. The number of rotatable bonds is 5. The summed E-state index contributed by atoms with van der Waals surface area (Å²) < 4.78 is 10.8. The molecule has 8 nitrogen and oxygen atoms in total. The van der Waals surface area contributed by atoms with Gasteiger partial charge in [-0.3, -0.25) is 9.89 Å². The summed E-state index contributed by atoms with van der Waals surface area (Å²) in [5.41, 5.74) is 5.00. The van der Waals surface area contributed by atoms with Gasteiger partial charge >= 0.3 is 0 Å². The van der Waals surface area contributed by atoms with Crippen LogP contribution >= 0.6 is 0 Å². The van der Waals surface area contributed by atoms with Gasteiger partial charge in [-0.05, 0) is 66.9 Å². The van der Waals surface area contributed by atoms with Crippen molar-refractivity contribution in [1.82, 2.24) is 15.2 Å². The second-order valence-electron chi connectivity index (χ2n) is 8.61. The fraction of sp³-hybridized carbons (Fsp3) is 0.240. The van der Waals surface area contributed by atoms with Crippen molar-refractivity contribution < 1.29 is 14.3 Å². The van der Waals surface area contributed by atoms with Crippen LogP contribution in [0, 0.1) is 6.92 Å². The summed E-state index contributed by atoms with van der Waals surface area (Å²) >= 11 is 0. The first-order valence-electron chi connectivity index (χ1n) is 10.8. The van der Waals surface area contributed by atoms with E-state index in [1.807, 2.05) is 43.3 Å². The van der Waals surface area contributed by atoms with Crippen molar-refractivity contribution in [1.29, 1.82) is 0 Å². The third-order valence-electron chi connectivity index (χ3n) is 6.76. The van der Waals surface area contributed by atoms with Gasteiger partial charge in [0, 0.05) is 22.7 Å². The summed E-state index contributed by atoms with van der Waals surface area (Å²) in [7, 11) is 3.24. The number of carbonyl (C=O) groups is 1. The van der Waals surface area contributed by atoms with E-state index in [0.717, 1.165) is 51.3 Å². The van der Waals surface area contributed by atoms with Crippen LogP contribution in [-0.4, -0.2) is 35.3 Å². The number of carbonyl (C=O) groups excluding carboxylic acids is 1. The average Bonchev–Trinajstić information content (AvgIpc) is 3.38. The summed E-state index contributed by atoms with van der Waals surface area (Å²) in [5.74, 6) is 2.14. The molecule has 33 heavy (non-hydrogen) atoms. The molecule has 1 saturated carbocycles. The predicted octanol–water partition coefficient (Wildman–Crippen LogP) is 4.40. The number of aromatic nitrogens is 3. The number of nitrogens with zero attached hydrogens (tertiary/aromatic N) is 2. The van der Waals surface area contributed by atoms with E-state index in [-0.39, 0.29) is 11.8 Å². The van der Waals surface area contributed by atoms with Gasteiger partial charge in [0.15, 0.2) is 5.82 Å². The zero-order chi connectivity index (χ0) is 22.7. The van der Waals surface area contributed by atoms with Crippen LogP contribution in [-0.2, 0) is 10.2 Å². The molecule has 2 atom stereocenters. The van der Waals surface area contributed by atoms with E-state index >= 15 is 0 Å². The van der Waals surface area contributed by atoms with E-state index in [4.69, 9.17) is 9.47 Å². The quantitative estimate of drug-likeness (QED) is 0.424. The van der Waals surface area contributed by atoms with Crippen molar-refractivity contribution >= 4 is 34.0 Å². The Hall–Kier alpha value is -4.07. The van der Waals surface area contributed by atoms with Crippen LogP contribution < -0.4 is 20.1 Å². The van der Waals surface area contributed by atoms with Crippen LogP contribution in [0.2, 0.25) is 0 Å². The number of methoxy groups -OCH3 is 2. The van der Waals surface area contributed by atoms with Crippen molar-refractivity contribution in [2.45, 2.75) is 24.7 Å². The molecule has 1 fully saturated rings. The lowest BCUT2D eigenvalue weighted by molar-refractivity contribution is -0.118. The highest BCUT2D eigenvalue weighted by Crippen LogP contribution is 2.65. The average molecular weight is 441 g/mol. The minimum atomic E-state index is -0.528. The second kappa shape index (κ2) is 6.96. The minimum absolute atomic E-state index is 0.0572. The van der Waals surface area contributed by atoms with Gasteiger partial charge in [-0.15, -0.1) is 0 Å². The highest BCUT2D eigenvalue weighted by molar-refractivity contribution is 6.10. The number of nitrogens with one attached hydrogen (secondary N) is 3. The van der Waals surface area contributed by atoms with Gasteiger partial charge in [0.05, 0.1) is 25.2 Å². The number of anilines is 3. The van der Waals surface area contributed by atoms with Crippen molar-refractivity contribution in [3.8, 4) is 11.6 Å². The highest BCUT2D eigenvalue weighted by atomic mass is 16.5. The fourth-order valence-corrected chi connectivity index (χ4v) is 4.96. The number of ether oxygens (including phenoxy) is 2. The van der Waals surface area contributed by atoms with E-state index in [1.54, 1.807) is 14.2 Å². The van der Waals surface area contributed by atoms with Gasteiger partial charge in [-0.2, -0.15) is 5.10 Å². The lowest BCUT2D eigenvalue weighted by Gasteiger charge is -2.11. The molecule has 8 heteroatoms. The smallest absolute Gasteiger partial charge is 0.237 e. The van der Waals surface area contributed by atoms with Gasteiger partial charge in [-0.1, -0.05) is 6.07 Å². The maximum Gasteiger partial charge on any atom is 0.237 e. The Morgan fingerprint density at radius 2 is 1.97 bits per heavy atom. The zero-order valence-corrected chi connectivity index (χ0v) is 18.5. The number of hydrogen-bond donors (Lipinski definition) is 3. The first-order chi connectivity index (χ1) is 16.0. The zero-order valence-electron chi connectivity index (χ0n) is 18.5. The summed E-state index contributed by atoms with van der Waals surface area (Å²) in [5, 5.41) is 14.9. The van der Waals surface area contributed by atoms with E-state index in [1.165, 1.54) is 0 Å². The number of benzene rings is 2. The molecule has 2 aliphatic rings. The molecular weight excluding hydrogens is 418 g/mol. The van der Waals surface area contributed by atoms with Crippen LogP contribution in [0.1, 0.15) is 29.2 Å². The molecule has 0 saturated heterocycles. The molecule has 2 aromatic heterocycles. The van der Waals surface area contributed by atoms with Gasteiger partial charge in [0.25, 0.3) is 0 Å². The monoisotopic (exact) mass is 441 g/mol. The van der Waals surface area contributed by atoms with Crippen LogP contribution in [0.5, 0.6) is 11.6 Å². The molecule has 0 radical (unpaired) electrons. The second-order valence-corrected chi connectivity index (χ2v) is 8.61. The fourth-order valence-electron chi connectivity index (χ4n) is 4.96. The Bertz CT molecular complexity index is 1430. The van der Waals surface area contributed by atoms with E-state index in [0.29, 0.717) is 11.7 Å². The van der Waals surface area contributed by atoms with E-state index in [9.17, 15) is 4.79 Å². The predicted molar refractivity (Wildman–Crippen MR) is 126 cm³/mol. The normalized spacial score (nSPS) is 20.6. The summed E-state index contributed by atoms with van der Waals surface area (Å²) in [6.45, 7) is 1.92. The number of fused-ring (bicyclic) bond motifs is 3. The van der Waals surface area contributed by atoms with Crippen LogP contribution in [0.3, 0.4) is 0 Å². The van der Waals surface area contributed by atoms with Gasteiger partial charge < -0.3 is 20.1 Å². The Morgan fingerprint density at radius 1 is 1.09 bits per heavy atom. The standard InChI is InChI=1S/C25H23N5O3/c1-13-4-8-20(23(26-13)33-3)27-22-16-7-5-14(10-21(16)29-30-22)18-12-25(18)17-11-15(32-2)6-9-19(17)28-24(25)31/h4-11,18H,12H2,1-3H3,(H,28,31)(H2,27,29,30)/t18-,25-/m0/s1. The molecule has 1 amide bonds. The van der Waals surface area contributed by atoms with E-state index in [2.05, 4.69) is 37.9 Å². The highest BCUT2D eigenvalue weighted by Gasteiger charge is 2.65. The lowest BCUT2D eigenvalue weighted by Crippen LogP contribution is -2.21. The van der Waals surface area contributed by atoms with Gasteiger partial charge in [-0.25, -0.2) is 4.98 Å². The summed E-state index contributed by atoms with van der Waals surface area (Å²) in [4.78, 5) is 17.4. The maximum absolute atomic E-state index is 13.0. The molecule has 3 N–H and O–H groups in total. The molecule has 1 aliphatic heterocycles. The van der Waals surface area contributed by atoms with Crippen molar-refractivity contribution in [3.05, 3.63) is 65.4 Å². The number of H-pyrrole nitrogens is 1. The molecule has 4 aromatic rings.